The molecule has 0 spiro atoms. The third-order valence-corrected chi connectivity index (χ3v) is 2.43. The molecule has 1 N–H and O–H groups in total. The predicted octanol–water partition coefficient (Wildman–Crippen LogP) is 0.336. The Morgan fingerprint density at radius 2 is 2.06 bits per heavy atom. The van der Waals surface area contributed by atoms with Gasteiger partial charge in [0.2, 0.25) is 5.91 Å². The number of likely N-dealkylation sites (N-methyl/N-ethyl adjacent to an activating group) is 1. The number of rotatable bonds is 6. The van der Waals surface area contributed by atoms with Gasteiger partial charge in [0.05, 0.1) is 6.54 Å². The Kier molecular flexibility index (Phi) is 4.91. The summed E-state index contributed by atoms with van der Waals surface area (Å²) >= 11 is 0. The Morgan fingerprint density at radius 3 is 2.56 bits per heavy atom. The van der Waals surface area contributed by atoms with E-state index in [4.69, 9.17) is 0 Å². The van der Waals surface area contributed by atoms with E-state index in [-0.39, 0.29) is 5.91 Å². The number of aromatic nitrogens is 2. The molecule has 6 heteroatoms. The number of carbonyl (C=O) groups excluding carboxylic acids is 1. The summed E-state index contributed by atoms with van der Waals surface area (Å²) < 4.78 is 4.56. The lowest BCUT2D eigenvalue weighted by Crippen LogP contribution is -2.37. The van der Waals surface area contributed by atoms with Crippen LogP contribution in [0.1, 0.15) is 25.2 Å². The second-order valence-electron chi connectivity index (χ2n) is 3.47. The van der Waals surface area contributed by atoms with E-state index in [9.17, 15) is 4.79 Å². The van der Waals surface area contributed by atoms with Gasteiger partial charge >= 0.3 is 0 Å². The number of nitrogens with one attached hydrogen (secondary N) is 1. The molecule has 0 fully saturated rings. The van der Waals surface area contributed by atoms with Gasteiger partial charge in [0.15, 0.2) is 0 Å². The van der Waals surface area contributed by atoms with Gasteiger partial charge in [0.1, 0.15) is 11.4 Å². The van der Waals surface area contributed by atoms with E-state index >= 15 is 0 Å². The SMILES string of the molecule is CCN(CC)C(=O)CNCc1nonc1C. The molecule has 0 unspecified atom stereocenters. The fourth-order valence-electron chi connectivity index (χ4n) is 1.39. The molecule has 0 aromatic carbocycles. The molecule has 16 heavy (non-hydrogen) atoms. The zero-order valence-corrected chi connectivity index (χ0v) is 9.99. The molecule has 90 valence electrons. The number of amides is 1. The third kappa shape index (κ3) is 3.30. The van der Waals surface area contributed by atoms with Crippen LogP contribution in [0.3, 0.4) is 0 Å². The number of nitrogens with zero attached hydrogens (tertiary/aromatic N) is 3. The third-order valence-electron chi connectivity index (χ3n) is 2.43. The average Bonchev–Trinajstić information content (AvgIpc) is 2.66. The van der Waals surface area contributed by atoms with Crippen molar-refractivity contribution in [1.29, 1.82) is 0 Å². The first-order valence-electron chi connectivity index (χ1n) is 5.45. The zero-order valence-electron chi connectivity index (χ0n) is 9.99. The lowest BCUT2D eigenvalue weighted by molar-refractivity contribution is -0.129. The summed E-state index contributed by atoms with van der Waals surface area (Å²) in [6, 6.07) is 0. The Labute approximate surface area is 95.0 Å². The molecule has 1 heterocycles. The van der Waals surface area contributed by atoms with Crippen molar-refractivity contribution in [3.8, 4) is 0 Å². The van der Waals surface area contributed by atoms with E-state index in [1.165, 1.54) is 0 Å². The van der Waals surface area contributed by atoms with E-state index in [0.717, 1.165) is 24.5 Å². The molecule has 0 radical (unpaired) electrons. The number of hydrogen-bond acceptors (Lipinski definition) is 5. The summed E-state index contributed by atoms with van der Waals surface area (Å²) in [5, 5.41) is 10.4. The maximum atomic E-state index is 11.6. The largest absolute Gasteiger partial charge is 0.342 e. The van der Waals surface area contributed by atoms with Crippen LogP contribution in [-0.4, -0.2) is 40.8 Å². The minimum Gasteiger partial charge on any atom is -0.342 e. The normalized spacial score (nSPS) is 10.4. The number of hydrogen-bond donors (Lipinski definition) is 1. The van der Waals surface area contributed by atoms with Crippen molar-refractivity contribution < 1.29 is 9.42 Å². The fraction of sp³-hybridized carbons (Fsp3) is 0.700. The monoisotopic (exact) mass is 226 g/mol. The summed E-state index contributed by atoms with van der Waals surface area (Å²) in [5.41, 5.74) is 1.50. The van der Waals surface area contributed by atoms with Gasteiger partial charge in [-0.1, -0.05) is 10.3 Å². The first-order valence-corrected chi connectivity index (χ1v) is 5.45. The maximum Gasteiger partial charge on any atom is 0.236 e. The molecule has 0 saturated heterocycles. The van der Waals surface area contributed by atoms with Crippen LogP contribution in [0.15, 0.2) is 4.63 Å². The summed E-state index contributed by atoms with van der Waals surface area (Å²) in [5.74, 6) is 0.0964. The molecular weight excluding hydrogens is 208 g/mol. The predicted molar refractivity (Wildman–Crippen MR) is 58.7 cm³/mol. The average molecular weight is 226 g/mol. The first kappa shape index (κ1) is 12.6. The molecule has 1 amide bonds. The molecule has 0 aliphatic rings. The van der Waals surface area contributed by atoms with Gasteiger partial charge in [-0.05, 0) is 20.8 Å². The van der Waals surface area contributed by atoms with Crippen molar-refractivity contribution in [3.63, 3.8) is 0 Å². The van der Waals surface area contributed by atoms with Gasteiger partial charge in [-0.3, -0.25) is 4.79 Å². The van der Waals surface area contributed by atoms with Crippen LogP contribution in [0, 0.1) is 6.92 Å². The molecule has 1 aromatic heterocycles. The van der Waals surface area contributed by atoms with Crippen molar-refractivity contribution in [2.45, 2.75) is 27.3 Å². The van der Waals surface area contributed by atoms with Gasteiger partial charge in [0, 0.05) is 19.6 Å². The highest BCUT2D eigenvalue weighted by atomic mass is 16.6. The van der Waals surface area contributed by atoms with E-state index in [2.05, 4.69) is 20.3 Å². The second-order valence-corrected chi connectivity index (χ2v) is 3.47. The molecule has 1 aromatic rings. The van der Waals surface area contributed by atoms with E-state index in [1.807, 2.05) is 20.8 Å². The van der Waals surface area contributed by atoms with Crippen molar-refractivity contribution in [3.05, 3.63) is 11.4 Å². The number of aryl methyl sites for hydroxylation is 1. The van der Waals surface area contributed by atoms with Gasteiger partial charge in [0.25, 0.3) is 0 Å². The maximum absolute atomic E-state index is 11.6. The van der Waals surface area contributed by atoms with Crippen molar-refractivity contribution >= 4 is 5.91 Å². The Morgan fingerprint density at radius 1 is 1.38 bits per heavy atom. The van der Waals surface area contributed by atoms with Crippen LogP contribution in [0.2, 0.25) is 0 Å². The van der Waals surface area contributed by atoms with E-state index < -0.39 is 0 Å². The Hall–Kier alpha value is -1.43. The minimum absolute atomic E-state index is 0.0964. The van der Waals surface area contributed by atoms with E-state index in [1.54, 1.807) is 4.90 Å². The minimum atomic E-state index is 0.0964. The van der Waals surface area contributed by atoms with Crippen LogP contribution in [0.25, 0.3) is 0 Å². The molecule has 1 rings (SSSR count). The van der Waals surface area contributed by atoms with Crippen molar-refractivity contribution in [2.75, 3.05) is 19.6 Å². The lowest BCUT2D eigenvalue weighted by Gasteiger charge is -2.18. The highest BCUT2D eigenvalue weighted by Gasteiger charge is 2.10. The smallest absolute Gasteiger partial charge is 0.236 e. The molecule has 0 aliphatic heterocycles. The molecule has 0 bridgehead atoms. The van der Waals surface area contributed by atoms with Crippen molar-refractivity contribution in [2.24, 2.45) is 0 Å². The zero-order chi connectivity index (χ0) is 12.0. The number of carbonyl (C=O) groups is 1. The molecule has 0 saturated carbocycles. The van der Waals surface area contributed by atoms with Gasteiger partial charge in [-0.2, -0.15) is 0 Å². The van der Waals surface area contributed by atoms with Crippen LogP contribution >= 0.6 is 0 Å². The summed E-state index contributed by atoms with van der Waals surface area (Å²) in [7, 11) is 0. The Bertz CT molecular complexity index is 333. The van der Waals surface area contributed by atoms with Crippen LogP contribution in [0.4, 0.5) is 0 Å². The summed E-state index contributed by atoms with van der Waals surface area (Å²) in [6.45, 7) is 8.04. The molecular formula is C10H18N4O2. The van der Waals surface area contributed by atoms with Gasteiger partial charge in [-0.15, -0.1) is 0 Å². The Balaban J connectivity index is 2.30. The lowest BCUT2D eigenvalue weighted by atomic mass is 10.3. The highest BCUT2D eigenvalue weighted by molar-refractivity contribution is 5.78. The summed E-state index contributed by atoms with van der Waals surface area (Å²) in [4.78, 5) is 13.4. The van der Waals surface area contributed by atoms with Crippen LogP contribution in [0.5, 0.6) is 0 Å². The summed E-state index contributed by atoms with van der Waals surface area (Å²) in [6.07, 6.45) is 0. The highest BCUT2D eigenvalue weighted by Crippen LogP contribution is 1.98. The topological polar surface area (TPSA) is 71.3 Å². The van der Waals surface area contributed by atoms with E-state index in [0.29, 0.717) is 13.1 Å². The molecule has 6 nitrogen and oxygen atoms in total. The quantitative estimate of drug-likeness (QED) is 0.757. The molecule has 0 atom stereocenters. The fourth-order valence-corrected chi connectivity index (χ4v) is 1.39. The van der Waals surface area contributed by atoms with Crippen LogP contribution < -0.4 is 5.32 Å². The van der Waals surface area contributed by atoms with Crippen molar-refractivity contribution in [1.82, 2.24) is 20.5 Å². The second kappa shape index (κ2) is 6.22. The van der Waals surface area contributed by atoms with Crippen LogP contribution in [-0.2, 0) is 11.3 Å². The standard InChI is InChI=1S/C10H18N4O2/c1-4-14(5-2)10(15)7-11-6-9-8(3)12-16-13-9/h11H,4-7H2,1-3H3. The molecule has 0 aliphatic carbocycles. The van der Waals surface area contributed by atoms with Gasteiger partial charge < -0.3 is 10.2 Å². The first-order chi connectivity index (χ1) is 7.69. The van der Waals surface area contributed by atoms with Gasteiger partial charge in [-0.25, -0.2) is 4.63 Å².